The number of hydrogen-bond acceptors (Lipinski definition) is 3. The van der Waals surface area contributed by atoms with Crippen LogP contribution in [-0.2, 0) is 11.3 Å². The van der Waals surface area contributed by atoms with Crippen LogP contribution in [0, 0.1) is 0 Å². The van der Waals surface area contributed by atoms with Crippen LogP contribution in [0.2, 0.25) is 5.02 Å². The molecular formula is C11H15ClN2O2. The fourth-order valence-electron chi connectivity index (χ4n) is 1.28. The van der Waals surface area contributed by atoms with E-state index < -0.39 is 0 Å². The summed E-state index contributed by atoms with van der Waals surface area (Å²) in [6.07, 6.45) is 0.200. The maximum absolute atomic E-state index is 10.6. The quantitative estimate of drug-likeness (QED) is 0.791. The molecule has 0 unspecified atom stereocenters. The van der Waals surface area contributed by atoms with Gasteiger partial charge in [-0.25, -0.2) is 0 Å². The number of hydrogen-bond donors (Lipinski definition) is 2. The lowest BCUT2D eigenvalue weighted by atomic mass is 10.2. The van der Waals surface area contributed by atoms with Crippen molar-refractivity contribution in [3.05, 3.63) is 28.8 Å². The minimum absolute atomic E-state index is 0.200. The highest BCUT2D eigenvalue weighted by atomic mass is 35.5. The minimum atomic E-state index is -0.378. The van der Waals surface area contributed by atoms with Crippen molar-refractivity contribution in [2.45, 2.75) is 13.0 Å². The van der Waals surface area contributed by atoms with Gasteiger partial charge in [-0.3, -0.25) is 4.79 Å². The van der Waals surface area contributed by atoms with Crippen molar-refractivity contribution in [1.82, 2.24) is 5.32 Å². The van der Waals surface area contributed by atoms with Gasteiger partial charge in [0.05, 0.1) is 13.0 Å². The van der Waals surface area contributed by atoms with E-state index in [9.17, 15) is 4.79 Å². The molecule has 1 amide bonds. The molecule has 0 aliphatic carbocycles. The number of benzene rings is 1. The fraction of sp³-hybridized carbons (Fsp3) is 0.364. The number of carbonyl (C=O) groups excluding carboxylic acids is 1. The SMILES string of the molecule is CNCc1c(Cl)cccc1OCCC(N)=O. The number of primary amides is 1. The van der Waals surface area contributed by atoms with E-state index in [-0.39, 0.29) is 18.9 Å². The van der Waals surface area contributed by atoms with Gasteiger partial charge in [0, 0.05) is 17.1 Å². The Kier molecular flexibility index (Phi) is 5.08. The van der Waals surface area contributed by atoms with Crippen LogP contribution in [0.4, 0.5) is 0 Å². The molecule has 0 fully saturated rings. The summed E-state index contributed by atoms with van der Waals surface area (Å²) in [7, 11) is 1.83. The Labute approximate surface area is 99.7 Å². The third-order valence-electron chi connectivity index (χ3n) is 2.04. The lowest BCUT2D eigenvalue weighted by Gasteiger charge is -2.12. The van der Waals surface area contributed by atoms with E-state index in [1.54, 1.807) is 12.1 Å². The number of nitrogens with one attached hydrogen (secondary N) is 1. The Hall–Kier alpha value is -1.26. The molecular weight excluding hydrogens is 228 g/mol. The van der Waals surface area contributed by atoms with E-state index in [1.165, 1.54) is 0 Å². The number of rotatable bonds is 6. The summed E-state index contributed by atoms with van der Waals surface area (Å²) in [6.45, 7) is 0.887. The van der Waals surface area contributed by atoms with Crippen molar-refractivity contribution in [1.29, 1.82) is 0 Å². The van der Waals surface area contributed by atoms with Crippen molar-refractivity contribution in [2.75, 3.05) is 13.7 Å². The highest BCUT2D eigenvalue weighted by Crippen LogP contribution is 2.26. The normalized spacial score (nSPS) is 10.1. The number of carbonyl (C=O) groups is 1. The topological polar surface area (TPSA) is 64.3 Å². The largest absolute Gasteiger partial charge is 0.493 e. The Morgan fingerprint density at radius 1 is 1.56 bits per heavy atom. The molecule has 4 nitrogen and oxygen atoms in total. The Balaban J connectivity index is 2.70. The molecule has 5 heteroatoms. The summed E-state index contributed by atoms with van der Waals surface area (Å²) in [5.41, 5.74) is 5.91. The second-order valence-electron chi connectivity index (χ2n) is 3.31. The second kappa shape index (κ2) is 6.35. The summed E-state index contributed by atoms with van der Waals surface area (Å²) in [5, 5.41) is 3.65. The first kappa shape index (κ1) is 12.8. The van der Waals surface area contributed by atoms with E-state index >= 15 is 0 Å². The summed E-state index contributed by atoms with van der Waals surface area (Å²) in [5.74, 6) is 0.306. The number of ether oxygens (including phenoxy) is 1. The Morgan fingerprint density at radius 2 is 2.31 bits per heavy atom. The van der Waals surface area contributed by atoms with Gasteiger partial charge in [0.1, 0.15) is 5.75 Å². The van der Waals surface area contributed by atoms with E-state index in [1.807, 2.05) is 13.1 Å². The smallest absolute Gasteiger partial charge is 0.220 e. The first-order valence-electron chi connectivity index (χ1n) is 4.98. The molecule has 88 valence electrons. The molecule has 1 rings (SSSR count). The number of nitrogens with two attached hydrogens (primary N) is 1. The molecule has 0 spiro atoms. The molecule has 0 aliphatic rings. The van der Waals surface area contributed by atoms with Gasteiger partial charge >= 0.3 is 0 Å². The van der Waals surface area contributed by atoms with Gasteiger partial charge in [-0.15, -0.1) is 0 Å². The van der Waals surface area contributed by atoms with Gasteiger partial charge in [0.15, 0.2) is 0 Å². The zero-order chi connectivity index (χ0) is 12.0. The van der Waals surface area contributed by atoms with Crippen LogP contribution >= 0.6 is 11.6 Å². The zero-order valence-electron chi connectivity index (χ0n) is 9.13. The Bertz CT molecular complexity index is 369. The van der Waals surface area contributed by atoms with Crippen molar-refractivity contribution in [3.63, 3.8) is 0 Å². The molecule has 0 saturated heterocycles. The maximum atomic E-state index is 10.6. The molecule has 0 saturated carbocycles. The molecule has 0 aliphatic heterocycles. The highest BCUT2D eigenvalue weighted by Gasteiger charge is 2.07. The summed E-state index contributed by atoms with van der Waals surface area (Å²) in [6, 6.07) is 5.43. The van der Waals surface area contributed by atoms with Crippen LogP contribution in [-0.4, -0.2) is 19.6 Å². The van der Waals surface area contributed by atoms with Gasteiger partial charge in [-0.05, 0) is 19.2 Å². The molecule has 16 heavy (non-hydrogen) atoms. The zero-order valence-corrected chi connectivity index (χ0v) is 9.88. The predicted octanol–water partition coefficient (Wildman–Crippen LogP) is 1.31. The van der Waals surface area contributed by atoms with Gasteiger partial charge in [-0.2, -0.15) is 0 Å². The summed E-state index contributed by atoms with van der Waals surface area (Å²) >= 11 is 6.04. The third-order valence-corrected chi connectivity index (χ3v) is 2.39. The minimum Gasteiger partial charge on any atom is -0.493 e. The lowest BCUT2D eigenvalue weighted by molar-refractivity contribution is -0.118. The molecule has 0 heterocycles. The van der Waals surface area contributed by atoms with Crippen LogP contribution < -0.4 is 15.8 Å². The van der Waals surface area contributed by atoms with E-state index in [4.69, 9.17) is 22.1 Å². The van der Waals surface area contributed by atoms with Crippen molar-refractivity contribution in [2.24, 2.45) is 5.73 Å². The van der Waals surface area contributed by atoms with Gasteiger partial charge in [-0.1, -0.05) is 17.7 Å². The molecule has 0 bridgehead atoms. The first-order chi connectivity index (χ1) is 7.65. The average molecular weight is 243 g/mol. The molecule has 0 aromatic heterocycles. The molecule has 0 atom stereocenters. The van der Waals surface area contributed by atoms with Crippen molar-refractivity contribution >= 4 is 17.5 Å². The molecule has 3 N–H and O–H groups in total. The monoisotopic (exact) mass is 242 g/mol. The average Bonchev–Trinajstić information content (AvgIpc) is 2.22. The molecule has 1 aromatic carbocycles. The fourth-order valence-corrected chi connectivity index (χ4v) is 1.52. The van der Waals surface area contributed by atoms with Gasteiger partial charge in [0.25, 0.3) is 0 Å². The number of amides is 1. The molecule has 1 aromatic rings. The summed E-state index contributed by atoms with van der Waals surface area (Å²) < 4.78 is 5.46. The van der Waals surface area contributed by atoms with E-state index in [0.29, 0.717) is 17.3 Å². The maximum Gasteiger partial charge on any atom is 0.220 e. The predicted molar refractivity (Wildman–Crippen MR) is 63.5 cm³/mol. The van der Waals surface area contributed by atoms with Gasteiger partial charge in [0.2, 0.25) is 5.91 Å². The van der Waals surface area contributed by atoms with Crippen LogP contribution in [0.5, 0.6) is 5.75 Å². The van der Waals surface area contributed by atoms with Crippen LogP contribution in [0.1, 0.15) is 12.0 Å². The first-order valence-corrected chi connectivity index (χ1v) is 5.36. The Morgan fingerprint density at radius 3 is 2.94 bits per heavy atom. The summed E-state index contributed by atoms with van der Waals surface area (Å²) in [4.78, 5) is 10.6. The van der Waals surface area contributed by atoms with Crippen LogP contribution in [0.15, 0.2) is 18.2 Å². The van der Waals surface area contributed by atoms with Crippen molar-refractivity contribution < 1.29 is 9.53 Å². The highest BCUT2D eigenvalue weighted by molar-refractivity contribution is 6.31. The molecule has 0 radical (unpaired) electrons. The van der Waals surface area contributed by atoms with Crippen LogP contribution in [0.3, 0.4) is 0 Å². The second-order valence-corrected chi connectivity index (χ2v) is 3.72. The van der Waals surface area contributed by atoms with Crippen LogP contribution in [0.25, 0.3) is 0 Å². The third kappa shape index (κ3) is 3.72. The van der Waals surface area contributed by atoms with E-state index in [2.05, 4.69) is 5.32 Å². The number of halogens is 1. The van der Waals surface area contributed by atoms with Gasteiger partial charge < -0.3 is 15.8 Å². The lowest BCUT2D eigenvalue weighted by Crippen LogP contribution is -2.15. The van der Waals surface area contributed by atoms with Crippen molar-refractivity contribution in [3.8, 4) is 5.75 Å². The standard InChI is InChI=1S/C11H15ClN2O2/c1-14-7-8-9(12)3-2-4-10(8)16-6-5-11(13)15/h2-4,14H,5-7H2,1H3,(H2,13,15). The van der Waals surface area contributed by atoms with E-state index in [0.717, 1.165) is 5.56 Å².